The highest BCUT2D eigenvalue weighted by Crippen LogP contribution is 2.13. The van der Waals surface area contributed by atoms with Crippen LogP contribution in [0.4, 0.5) is 5.69 Å². The molecule has 2 rings (SSSR count). The molecule has 0 saturated heterocycles. The number of rotatable bonds is 5. The molecule has 1 atom stereocenters. The molecule has 0 aliphatic rings. The molecule has 1 N–H and O–H groups in total. The molecule has 0 saturated carbocycles. The smallest absolute Gasteiger partial charge is 0.241 e. The number of aryl methyl sites for hydroxylation is 1. The largest absolute Gasteiger partial charge is 0.361 e. The van der Waals surface area contributed by atoms with Crippen molar-refractivity contribution in [2.75, 3.05) is 12.4 Å². The Hall–Kier alpha value is -1.41. The third-order valence-corrected chi connectivity index (χ3v) is 3.96. The second-order valence-corrected chi connectivity index (χ2v) is 6.26. The zero-order valence-electron chi connectivity index (χ0n) is 12.3. The van der Waals surface area contributed by atoms with E-state index in [1.807, 2.05) is 56.1 Å². The molecule has 0 aliphatic carbocycles. The quantitative estimate of drug-likeness (QED) is 0.786. The number of carbonyl (C=O) groups is 1. The molecule has 1 amide bonds. The summed E-state index contributed by atoms with van der Waals surface area (Å²) < 4.78 is 6.17. The van der Waals surface area contributed by atoms with E-state index in [0.717, 1.165) is 20.7 Å². The zero-order chi connectivity index (χ0) is 15.4. The molecule has 0 aliphatic heterocycles. The lowest BCUT2D eigenvalue weighted by Crippen LogP contribution is -2.39. The van der Waals surface area contributed by atoms with Crippen LogP contribution in [0.3, 0.4) is 0 Å². The molecule has 2 aromatic rings. The molecular formula is C15H18IN3O2. The van der Waals surface area contributed by atoms with Gasteiger partial charge in [0.05, 0.1) is 11.7 Å². The predicted molar refractivity (Wildman–Crippen MR) is 90.0 cm³/mol. The molecule has 0 fully saturated rings. The summed E-state index contributed by atoms with van der Waals surface area (Å²) in [7, 11) is 1.89. The van der Waals surface area contributed by atoms with Gasteiger partial charge in [0.15, 0.2) is 0 Å². The number of carbonyl (C=O) groups excluding carboxylic acids is 1. The van der Waals surface area contributed by atoms with Gasteiger partial charge in [-0.15, -0.1) is 0 Å². The van der Waals surface area contributed by atoms with Crippen LogP contribution in [0.2, 0.25) is 0 Å². The van der Waals surface area contributed by atoms with Crippen LogP contribution in [0, 0.1) is 10.5 Å². The number of hydrogen-bond acceptors (Lipinski definition) is 4. The summed E-state index contributed by atoms with van der Waals surface area (Å²) in [6, 6.07) is 9.33. The average molecular weight is 399 g/mol. The van der Waals surface area contributed by atoms with E-state index in [1.165, 1.54) is 0 Å². The van der Waals surface area contributed by atoms with Crippen LogP contribution >= 0.6 is 22.6 Å². The molecule has 0 bridgehead atoms. The van der Waals surface area contributed by atoms with Gasteiger partial charge in [0, 0.05) is 21.9 Å². The Morgan fingerprint density at radius 3 is 2.67 bits per heavy atom. The maximum Gasteiger partial charge on any atom is 0.241 e. The van der Waals surface area contributed by atoms with Crippen LogP contribution in [0.15, 0.2) is 34.9 Å². The summed E-state index contributed by atoms with van der Waals surface area (Å²) in [6.45, 7) is 4.29. The van der Waals surface area contributed by atoms with Gasteiger partial charge < -0.3 is 9.84 Å². The Morgan fingerprint density at radius 1 is 1.43 bits per heavy atom. The normalized spacial score (nSPS) is 12.4. The highest BCUT2D eigenvalue weighted by molar-refractivity contribution is 14.1. The molecule has 0 spiro atoms. The first kappa shape index (κ1) is 16.0. The number of hydrogen-bond donors (Lipinski definition) is 1. The number of aromatic nitrogens is 1. The van der Waals surface area contributed by atoms with E-state index in [0.29, 0.717) is 6.54 Å². The van der Waals surface area contributed by atoms with Crippen LogP contribution < -0.4 is 5.32 Å². The second kappa shape index (κ2) is 7.04. The number of nitrogens with one attached hydrogen (secondary N) is 1. The van der Waals surface area contributed by atoms with Crippen LogP contribution in [0.5, 0.6) is 0 Å². The summed E-state index contributed by atoms with van der Waals surface area (Å²) in [5, 5.41) is 6.85. The average Bonchev–Trinajstić information content (AvgIpc) is 2.85. The highest BCUT2D eigenvalue weighted by Gasteiger charge is 2.19. The summed E-state index contributed by atoms with van der Waals surface area (Å²) in [6.07, 6.45) is 0. The summed E-state index contributed by atoms with van der Waals surface area (Å²) in [5.41, 5.74) is 1.63. The van der Waals surface area contributed by atoms with Gasteiger partial charge in [-0.25, -0.2) is 0 Å². The zero-order valence-corrected chi connectivity index (χ0v) is 14.4. The fraction of sp³-hybridized carbons (Fsp3) is 0.333. The Labute approximate surface area is 137 Å². The molecule has 112 valence electrons. The molecular weight excluding hydrogens is 381 g/mol. The summed E-state index contributed by atoms with van der Waals surface area (Å²) in [4.78, 5) is 14.2. The van der Waals surface area contributed by atoms with Crippen molar-refractivity contribution >= 4 is 34.2 Å². The topological polar surface area (TPSA) is 58.4 Å². The lowest BCUT2D eigenvalue weighted by molar-refractivity contribution is -0.120. The Morgan fingerprint density at radius 2 is 2.10 bits per heavy atom. The summed E-state index contributed by atoms with van der Waals surface area (Å²) >= 11 is 2.23. The SMILES string of the molecule is Cc1cc(CN(C)C(C)C(=O)Nc2ccc(I)cc2)no1. The van der Waals surface area contributed by atoms with Crippen molar-refractivity contribution in [3.05, 3.63) is 45.4 Å². The second-order valence-electron chi connectivity index (χ2n) is 5.02. The molecule has 5 nitrogen and oxygen atoms in total. The third kappa shape index (κ3) is 4.53. The van der Waals surface area contributed by atoms with Gasteiger partial charge in [0.2, 0.25) is 5.91 Å². The first-order chi connectivity index (χ1) is 9.95. The minimum atomic E-state index is -0.263. The van der Waals surface area contributed by atoms with Crippen LogP contribution in [0.1, 0.15) is 18.4 Å². The van der Waals surface area contributed by atoms with E-state index in [2.05, 4.69) is 33.1 Å². The minimum absolute atomic E-state index is 0.0427. The minimum Gasteiger partial charge on any atom is -0.361 e. The van der Waals surface area contributed by atoms with Crippen LogP contribution in [-0.4, -0.2) is 29.1 Å². The number of halogens is 1. The maximum absolute atomic E-state index is 12.2. The molecule has 1 unspecified atom stereocenters. The number of nitrogens with zero attached hydrogens (tertiary/aromatic N) is 2. The Bertz CT molecular complexity index is 610. The number of anilines is 1. The Balaban J connectivity index is 1.93. The third-order valence-electron chi connectivity index (χ3n) is 3.24. The molecule has 6 heteroatoms. The van der Waals surface area contributed by atoms with E-state index in [9.17, 15) is 4.79 Å². The first-order valence-corrected chi connectivity index (χ1v) is 7.72. The van der Waals surface area contributed by atoms with Crippen molar-refractivity contribution in [3.63, 3.8) is 0 Å². The van der Waals surface area contributed by atoms with Crippen LogP contribution in [-0.2, 0) is 11.3 Å². The van der Waals surface area contributed by atoms with Gasteiger partial charge in [-0.2, -0.15) is 0 Å². The van der Waals surface area contributed by atoms with E-state index in [4.69, 9.17) is 4.52 Å². The fourth-order valence-corrected chi connectivity index (χ4v) is 2.22. The van der Waals surface area contributed by atoms with Crippen molar-refractivity contribution in [1.82, 2.24) is 10.1 Å². The number of amides is 1. The van der Waals surface area contributed by atoms with Crippen molar-refractivity contribution in [3.8, 4) is 0 Å². The lowest BCUT2D eigenvalue weighted by atomic mass is 10.2. The van der Waals surface area contributed by atoms with Gasteiger partial charge >= 0.3 is 0 Å². The fourth-order valence-electron chi connectivity index (χ4n) is 1.87. The van der Waals surface area contributed by atoms with Gasteiger partial charge in [-0.05, 0) is 67.8 Å². The molecule has 1 aromatic carbocycles. The van der Waals surface area contributed by atoms with Gasteiger partial charge in [0.1, 0.15) is 5.76 Å². The number of likely N-dealkylation sites (N-methyl/N-ethyl adjacent to an activating group) is 1. The van der Waals surface area contributed by atoms with E-state index in [-0.39, 0.29) is 11.9 Å². The van der Waals surface area contributed by atoms with Crippen molar-refractivity contribution < 1.29 is 9.32 Å². The van der Waals surface area contributed by atoms with Crippen molar-refractivity contribution in [2.24, 2.45) is 0 Å². The monoisotopic (exact) mass is 399 g/mol. The van der Waals surface area contributed by atoms with E-state index in [1.54, 1.807) is 0 Å². The summed E-state index contributed by atoms with van der Waals surface area (Å²) in [5.74, 6) is 0.730. The number of benzene rings is 1. The van der Waals surface area contributed by atoms with Crippen LogP contribution in [0.25, 0.3) is 0 Å². The molecule has 0 radical (unpaired) electrons. The van der Waals surface area contributed by atoms with Gasteiger partial charge in [-0.1, -0.05) is 5.16 Å². The van der Waals surface area contributed by atoms with Crippen molar-refractivity contribution in [1.29, 1.82) is 0 Å². The van der Waals surface area contributed by atoms with E-state index >= 15 is 0 Å². The molecule has 21 heavy (non-hydrogen) atoms. The standard InChI is InChI=1S/C15H18IN3O2/c1-10-8-14(18-21-10)9-19(3)11(2)15(20)17-13-6-4-12(16)5-7-13/h4-8,11H,9H2,1-3H3,(H,17,20). The maximum atomic E-state index is 12.2. The first-order valence-electron chi connectivity index (χ1n) is 6.64. The molecule has 1 aromatic heterocycles. The Kier molecular flexibility index (Phi) is 5.35. The van der Waals surface area contributed by atoms with E-state index < -0.39 is 0 Å². The van der Waals surface area contributed by atoms with Crippen molar-refractivity contribution in [2.45, 2.75) is 26.4 Å². The van der Waals surface area contributed by atoms with Gasteiger partial charge in [-0.3, -0.25) is 9.69 Å². The lowest BCUT2D eigenvalue weighted by Gasteiger charge is -2.22. The predicted octanol–water partition coefficient (Wildman–Crippen LogP) is 3.05. The van der Waals surface area contributed by atoms with Gasteiger partial charge in [0.25, 0.3) is 0 Å². The molecule has 1 heterocycles. The highest BCUT2D eigenvalue weighted by atomic mass is 127.